The van der Waals surface area contributed by atoms with E-state index in [9.17, 15) is 5.11 Å². The SMILES string of the molecule is OC1CCNC(c2cccnn2)c2ccccc21. The molecule has 0 radical (unpaired) electrons. The van der Waals surface area contributed by atoms with Gasteiger partial charge in [-0.25, -0.2) is 0 Å². The standard InChI is InChI=1S/C14H15N3O/c18-13-7-9-15-14(12-6-3-8-16-17-12)11-5-2-1-4-10(11)13/h1-6,8,13-15,18H,7,9H2. The van der Waals surface area contributed by atoms with Crippen LogP contribution in [-0.2, 0) is 0 Å². The highest BCUT2D eigenvalue weighted by molar-refractivity contribution is 5.37. The molecule has 2 heterocycles. The predicted molar refractivity (Wildman–Crippen MR) is 67.9 cm³/mol. The van der Waals surface area contributed by atoms with E-state index >= 15 is 0 Å². The van der Waals surface area contributed by atoms with Gasteiger partial charge in [0.1, 0.15) is 0 Å². The molecule has 3 rings (SSSR count). The molecular formula is C14H15N3O. The van der Waals surface area contributed by atoms with Crippen LogP contribution in [0.2, 0.25) is 0 Å². The average molecular weight is 241 g/mol. The molecular weight excluding hydrogens is 226 g/mol. The summed E-state index contributed by atoms with van der Waals surface area (Å²) < 4.78 is 0. The van der Waals surface area contributed by atoms with Crippen molar-refractivity contribution < 1.29 is 5.11 Å². The number of hydrogen-bond donors (Lipinski definition) is 2. The maximum atomic E-state index is 10.1. The Labute approximate surface area is 106 Å². The number of hydrogen-bond acceptors (Lipinski definition) is 4. The number of benzene rings is 1. The second-order valence-corrected chi connectivity index (χ2v) is 4.47. The number of aliphatic hydroxyl groups excluding tert-OH is 1. The lowest BCUT2D eigenvalue weighted by atomic mass is 9.95. The van der Waals surface area contributed by atoms with Crippen LogP contribution in [-0.4, -0.2) is 21.8 Å². The monoisotopic (exact) mass is 241 g/mol. The van der Waals surface area contributed by atoms with Crippen LogP contribution in [0.4, 0.5) is 0 Å². The number of rotatable bonds is 1. The second kappa shape index (κ2) is 4.84. The van der Waals surface area contributed by atoms with Gasteiger partial charge in [0.25, 0.3) is 0 Å². The Morgan fingerprint density at radius 2 is 1.94 bits per heavy atom. The first kappa shape index (κ1) is 11.3. The smallest absolute Gasteiger partial charge is 0.0846 e. The summed E-state index contributed by atoms with van der Waals surface area (Å²) in [5.74, 6) is 0. The molecule has 0 spiro atoms. The maximum Gasteiger partial charge on any atom is 0.0846 e. The van der Waals surface area contributed by atoms with E-state index in [2.05, 4.69) is 15.5 Å². The summed E-state index contributed by atoms with van der Waals surface area (Å²) in [7, 11) is 0. The van der Waals surface area contributed by atoms with Crippen molar-refractivity contribution in [3.63, 3.8) is 0 Å². The van der Waals surface area contributed by atoms with E-state index in [1.807, 2.05) is 36.4 Å². The van der Waals surface area contributed by atoms with E-state index in [4.69, 9.17) is 0 Å². The lowest BCUT2D eigenvalue weighted by Crippen LogP contribution is -2.23. The molecule has 2 aromatic rings. The molecule has 1 aromatic heterocycles. The van der Waals surface area contributed by atoms with Crippen molar-refractivity contribution in [2.75, 3.05) is 6.54 Å². The summed E-state index contributed by atoms with van der Waals surface area (Å²) in [5.41, 5.74) is 2.96. The van der Waals surface area contributed by atoms with Crippen LogP contribution in [0.5, 0.6) is 0 Å². The van der Waals surface area contributed by atoms with Gasteiger partial charge in [0.2, 0.25) is 0 Å². The molecule has 4 heteroatoms. The lowest BCUT2D eigenvalue weighted by Gasteiger charge is -2.18. The average Bonchev–Trinajstić information content (AvgIpc) is 2.60. The van der Waals surface area contributed by atoms with Gasteiger partial charge in [0.15, 0.2) is 0 Å². The molecule has 1 aromatic carbocycles. The first-order valence-electron chi connectivity index (χ1n) is 6.14. The number of aliphatic hydroxyl groups is 1. The van der Waals surface area contributed by atoms with Crippen molar-refractivity contribution in [3.05, 3.63) is 59.4 Å². The summed E-state index contributed by atoms with van der Waals surface area (Å²) >= 11 is 0. The van der Waals surface area contributed by atoms with Crippen molar-refractivity contribution in [1.82, 2.24) is 15.5 Å². The minimum Gasteiger partial charge on any atom is -0.388 e. The van der Waals surface area contributed by atoms with Crippen LogP contribution >= 0.6 is 0 Å². The fourth-order valence-electron chi connectivity index (χ4n) is 2.44. The molecule has 0 bridgehead atoms. The quantitative estimate of drug-likeness (QED) is 0.796. The fraction of sp³-hybridized carbons (Fsp3) is 0.286. The summed E-state index contributed by atoms with van der Waals surface area (Å²) in [5, 5.41) is 21.7. The van der Waals surface area contributed by atoms with Gasteiger partial charge in [-0.1, -0.05) is 24.3 Å². The van der Waals surface area contributed by atoms with E-state index < -0.39 is 6.10 Å². The minimum absolute atomic E-state index is 0.00653. The van der Waals surface area contributed by atoms with E-state index in [0.29, 0.717) is 6.42 Å². The lowest BCUT2D eigenvalue weighted by molar-refractivity contribution is 0.170. The van der Waals surface area contributed by atoms with Crippen molar-refractivity contribution >= 4 is 0 Å². The molecule has 1 aliphatic rings. The van der Waals surface area contributed by atoms with Crippen molar-refractivity contribution in [2.24, 2.45) is 0 Å². The van der Waals surface area contributed by atoms with Crippen LogP contribution < -0.4 is 5.32 Å². The van der Waals surface area contributed by atoms with Crippen LogP contribution in [0.15, 0.2) is 42.6 Å². The van der Waals surface area contributed by atoms with Crippen LogP contribution in [0.3, 0.4) is 0 Å². The number of aromatic nitrogens is 2. The predicted octanol–water partition coefficient (Wildman–Crippen LogP) is 1.59. The Morgan fingerprint density at radius 3 is 2.72 bits per heavy atom. The second-order valence-electron chi connectivity index (χ2n) is 4.47. The van der Waals surface area contributed by atoms with E-state index in [0.717, 1.165) is 23.4 Å². The van der Waals surface area contributed by atoms with Gasteiger partial charge >= 0.3 is 0 Å². The molecule has 92 valence electrons. The Kier molecular flexibility index (Phi) is 3.04. The van der Waals surface area contributed by atoms with Gasteiger partial charge in [-0.15, -0.1) is 0 Å². The van der Waals surface area contributed by atoms with Gasteiger partial charge in [0.05, 0.1) is 17.8 Å². The molecule has 0 aliphatic carbocycles. The molecule has 1 aliphatic heterocycles. The highest BCUT2D eigenvalue weighted by Gasteiger charge is 2.24. The molecule has 2 unspecified atom stereocenters. The highest BCUT2D eigenvalue weighted by atomic mass is 16.3. The van der Waals surface area contributed by atoms with Gasteiger partial charge in [0, 0.05) is 6.20 Å². The summed E-state index contributed by atoms with van der Waals surface area (Å²) in [6.45, 7) is 0.761. The topological polar surface area (TPSA) is 58.0 Å². The fourth-order valence-corrected chi connectivity index (χ4v) is 2.44. The zero-order chi connectivity index (χ0) is 12.4. The third-order valence-electron chi connectivity index (χ3n) is 3.32. The zero-order valence-corrected chi connectivity index (χ0v) is 9.95. The Balaban J connectivity index is 2.08. The Morgan fingerprint density at radius 1 is 1.11 bits per heavy atom. The van der Waals surface area contributed by atoms with Gasteiger partial charge in [-0.2, -0.15) is 10.2 Å². The van der Waals surface area contributed by atoms with Gasteiger partial charge in [-0.05, 0) is 36.2 Å². The van der Waals surface area contributed by atoms with Crippen molar-refractivity contribution in [2.45, 2.75) is 18.6 Å². The molecule has 0 saturated heterocycles. The highest BCUT2D eigenvalue weighted by Crippen LogP contribution is 2.31. The summed E-state index contributed by atoms with van der Waals surface area (Å²) in [6, 6.07) is 11.8. The number of nitrogens with zero attached hydrogens (tertiary/aromatic N) is 2. The third-order valence-corrected chi connectivity index (χ3v) is 3.32. The van der Waals surface area contributed by atoms with Crippen LogP contribution in [0, 0.1) is 0 Å². The van der Waals surface area contributed by atoms with Gasteiger partial charge < -0.3 is 10.4 Å². The summed E-state index contributed by atoms with van der Waals surface area (Å²) in [6.07, 6.45) is 1.98. The minimum atomic E-state index is -0.407. The third kappa shape index (κ3) is 2.00. The number of fused-ring (bicyclic) bond motifs is 1. The van der Waals surface area contributed by atoms with E-state index in [1.54, 1.807) is 6.20 Å². The van der Waals surface area contributed by atoms with Crippen molar-refractivity contribution in [3.8, 4) is 0 Å². The molecule has 2 N–H and O–H groups in total. The van der Waals surface area contributed by atoms with Crippen LogP contribution in [0.1, 0.15) is 35.4 Å². The Bertz CT molecular complexity index is 530. The van der Waals surface area contributed by atoms with Crippen molar-refractivity contribution in [1.29, 1.82) is 0 Å². The number of nitrogens with one attached hydrogen (secondary N) is 1. The van der Waals surface area contributed by atoms with E-state index in [1.165, 1.54) is 0 Å². The largest absolute Gasteiger partial charge is 0.388 e. The molecule has 0 fully saturated rings. The Hall–Kier alpha value is -1.78. The van der Waals surface area contributed by atoms with Crippen LogP contribution in [0.25, 0.3) is 0 Å². The summed E-state index contributed by atoms with van der Waals surface area (Å²) in [4.78, 5) is 0. The van der Waals surface area contributed by atoms with Gasteiger partial charge in [-0.3, -0.25) is 0 Å². The maximum absolute atomic E-state index is 10.1. The first-order chi connectivity index (χ1) is 8.86. The molecule has 2 atom stereocenters. The zero-order valence-electron chi connectivity index (χ0n) is 9.95. The molecule has 0 saturated carbocycles. The molecule has 4 nitrogen and oxygen atoms in total. The normalized spacial score (nSPS) is 23.2. The molecule has 0 amide bonds. The van der Waals surface area contributed by atoms with E-state index in [-0.39, 0.29) is 6.04 Å². The molecule has 18 heavy (non-hydrogen) atoms. The first-order valence-corrected chi connectivity index (χ1v) is 6.14.